The molecular weight excluding hydrogens is 398 g/mol. The fraction of sp³-hybridized carbons (Fsp3) is 0.368. The molecule has 9 heteroatoms. The maximum absolute atomic E-state index is 12.8. The van der Waals surface area contributed by atoms with Crippen LogP contribution in [0.1, 0.15) is 35.7 Å². The lowest BCUT2D eigenvalue weighted by Gasteiger charge is -2.30. The molecule has 0 saturated carbocycles. The van der Waals surface area contributed by atoms with E-state index in [9.17, 15) is 9.59 Å². The van der Waals surface area contributed by atoms with Crippen molar-refractivity contribution in [2.45, 2.75) is 26.3 Å². The molecule has 146 valence electrons. The van der Waals surface area contributed by atoms with Crippen LogP contribution in [-0.4, -0.2) is 33.6 Å². The summed E-state index contributed by atoms with van der Waals surface area (Å²) in [5.74, 6) is 0.127. The van der Waals surface area contributed by atoms with Gasteiger partial charge in [0, 0.05) is 30.9 Å². The zero-order valence-electron chi connectivity index (χ0n) is 15.4. The molecule has 3 heterocycles. The van der Waals surface area contributed by atoms with Gasteiger partial charge >= 0.3 is 0 Å². The first-order valence-corrected chi connectivity index (χ1v) is 10.4. The molecule has 1 aromatic carbocycles. The maximum atomic E-state index is 12.8. The number of fused-ring (bicyclic) bond motifs is 1. The molecule has 0 spiro atoms. The van der Waals surface area contributed by atoms with Crippen LogP contribution in [0.2, 0.25) is 5.02 Å². The molecule has 1 saturated heterocycles. The third-order valence-corrected chi connectivity index (χ3v) is 6.05. The number of aromatic nitrogens is 3. The first kappa shape index (κ1) is 18.9. The van der Waals surface area contributed by atoms with Gasteiger partial charge in [-0.1, -0.05) is 42.0 Å². The quantitative estimate of drug-likeness (QED) is 0.705. The number of piperidine rings is 1. The second-order valence-corrected chi connectivity index (χ2v) is 8.43. The summed E-state index contributed by atoms with van der Waals surface area (Å²) >= 11 is 7.24. The smallest absolute Gasteiger partial charge is 0.288 e. The molecule has 1 N–H and O–H groups in total. The van der Waals surface area contributed by atoms with Gasteiger partial charge in [-0.25, -0.2) is 4.98 Å². The van der Waals surface area contributed by atoms with Gasteiger partial charge in [-0.15, -0.1) is 5.10 Å². The van der Waals surface area contributed by atoms with Gasteiger partial charge in [0.2, 0.25) is 10.1 Å². The van der Waals surface area contributed by atoms with E-state index in [1.54, 1.807) is 12.1 Å². The Morgan fingerprint density at radius 3 is 2.89 bits per heavy atom. The number of benzene rings is 1. The van der Waals surface area contributed by atoms with E-state index in [0.717, 1.165) is 30.2 Å². The molecule has 1 fully saturated rings. The predicted molar refractivity (Wildman–Crippen MR) is 110 cm³/mol. The number of hydrogen-bond acceptors (Lipinski definition) is 6. The van der Waals surface area contributed by atoms with Crippen LogP contribution in [-0.2, 0) is 6.54 Å². The van der Waals surface area contributed by atoms with Crippen LogP contribution in [0.15, 0.2) is 35.3 Å². The van der Waals surface area contributed by atoms with Gasteiger partial charge in [-0.05, 0) is 36.5 Å². The minimum atomic E-state index is -0.469. The highest BCUT2D eigenvalue weighted by Crippen LogP contribution is 2.26. The summed E-state index contributed by atoms with van der Waals surface area (Å²) in [4.78, 5) is 32.2. The summed E-state index contributed by atoms with van der Waals surface area (Å²) in [6.07, 6.45) is 3.64. The first-order chi connectivity index (χ1) is 13.5. The van der Waals surface area contributed by atoms with Crippen molar-refractivity contribution in [3.63, 3.8) is 0 Å². The highest BCUT2D eigenvalue weighted by Gasteiger charge is 2.22. The lowest BCUT2D eigenvalue weighted by Crippen LogP contribution is -2.34. The normalized spacial score (nSPS) is 17.1. The summed E-state index contributed by atoms with van der Waals surface area (Å²) < 4.78 is 1.23. The standard InChI is InChI=1S/C19H20ClN5O2S/c1-12-3-2-8-24(11-12)19-23-25-17(27)15(10-22-18(25)28-19)16(26)21-9-13-4-6-14(20)7-5-13/h4-7,10,12H,2-3,8-9,11H2,1H3,(H,21,26)/t12-/m0/s1. The van der Waals surface area contributed by atoms with E-state index in [1.807, 2.05) is 12.1 Å². The van der Waals surface area contributed by atoms with E-state index in [1.165, 1.54) is 28.5 Å². The molecule has 0 aliphatic carbocycles. The van der Waals surface area contributed by atoms with Crippen molar-refractivity contribution in [2.24, 2.45) is 5.92 Å². The molecule has 28 heavy (non-hydrogen) atoms. The number of nitrogens with one attached hydrogen (secondary N) is 1. The van der Waals surface area contributed by atoms with Crippen LogP contribution in [0.25, 0.3) is 4.96 Å². The Labute approximate surface area is 171 Å². The molecule has 3 aromatic rings. The molecule has 0 unspecified atom stereocenters. The summed E-state index contributed by atoms with van der Waals surface area (Å²) in [6, 6.07) is 7.15. The fourth-order valence-corrected chi connectivity index (χ4v) is 4.32. The van der Waals surface area contributed by atoms with E-state index in [4.69, 9.17) is 11.6 Å². The lowest BCUT2D eigenvalue weighted by molar-refractivity contribution is 0.0948. The van der Waals surface area contributed by atoms with Crippen LogP contribution in [0, 0.1) is 5.92 Å². The van der Waals surface area contributed by atoms with Gasteiger partial charge in [-0.3, -0.25) is 9.59 Å². The summed E-state index contributed by atoms with van der Waals surface area (Å²) in [7, 11) is 0. The van der Waals surface area contributed by atoms with Crippen LogP contribution in [0.5, 0.6) is 0 Å². The van der Waals surface area contributed by atoms with Crippen molar-refractivity contribution >= 4 is 38.9 Å². The van der Waals surface area contributed by atoms with Crippen molar-refractivity contribution in [2.75, 3.05) is 18.0 Å². The monoisotopic (exact) mass is 417 g/mol. The molecule has 7 nitrogen and oxygen atoms in total. The lowest BCUT2D eigenvalue weighted by atomic mass is 10.0. The van der Waals surface area contributed by atoms with E-state index < -0.39 is 11.5 Å². The third kappa shape index (κ3) is 3.88. The Morgan fingerprint density at radius 2 is 2.14 bits per heavy atom. The molecule has 1 aliphatic rings. The molecule has 1 atom stereocenters. The topological polar surface area (TPSA) is 79.6 Å². The average Bonchev–Trinajstić information content (AvgIpc) is 3.13. The molecule has 0 bridgehead atoms. The molecule has 1 aliphatic heterocycles. The summed E-state index contributed by atoms with van der Waals surface area (Å²) in [5, 5.41) is 8.58. The Kier molecular flexibility index (Phi) is 5.32. The second kappa shape index (κ2) is 7.89. The van der Waals surface area contributed by atoms with Crippen LogP contribution >= 0.6 is 22.9 Å². The van der Waals surface area contributed by atoms with Crippen molar-refractivity contribution in [1.29, 1.82) is 0 Å². The van der Waals surface area contributed by atoms with E-state index in [0.29, 0.717) is 22.4 Å². The number of carbonyl (C=O) groups is 1. The fourth-order valence-electron chi connectivity index (χ4n) is 3.30. The van der Waals surface area contributed by atoms with E-state index >= 15 is 0 Å². The van der Waals surface area contributed by atoms with Gasteiger partial charge in [0.25, 0.3) is 11.5 Å². The minimum absolute atomic E-state index is 0.0182. The molecule has 4 rings (SSSR count). The van der Waals surface area contributed by atoms with Gasteiger partial charge in [0.15, 0.2) is 0 Å². The number of nitrogens with zero attached hydrogens (tertiary/aromatic N) is 4. The Bertz CT molecular complexity index is 1060. The van der Waals surface area contributed by atoms with Crippen LogP contribution in [0.4, 0.5) is 5.13 Å². The molecule has 2 aromatic heterocycles. The first-order valence-electron chi connectivity index (χ1n) is 9.18. The molecular formula is C19H20ClN5O2S. The number of halogens is 1. The largest absolute Gasteiger partial charge is 0.348 e. The SMILES string of the molecule is C[C@H]1CCCN(c2nn3c(=O)c(C(=O)NCc4ccc(Cl)cc4)cnc3s2)C1. The van der Waals surface area contributed by atoms with Crippen molar-refractivity contribution < 1.29 is 4.79 Å². The highest BCUT2D eigenvalue weighted by atomic mass is 35.5. The number of rotatable bonds is 4. The highest BCUT2D eigenvalue weighted by molar-refractivity contribution is 7.20. The van der Waals surface area contributed by atoms with Gasteiger partial charge < -0.3 is 10.2 Å². The summed E-state index contributed by atoms with van der Waals surface area (Å²) in [5.41, 5.74) is 0.420. The average molecular weight is 418 g/mol. The number of amides is 1. The maximum Gasteiger partial charge on any atom is 0.288 e. The van der Waals surface area contributed by atoms with Crippen LogP contribution in [0.3, 0.4) is 0 Å². The second-order valence-electron chi connectivity index (χ2n) is 7.06. The van der Waals surface area contributed by atoms with Crippen molar-refractivity contribution in [1.82, 2.24) is 19.9 Å². The summed E-state index contributed by atoms with van der Waals surface area (Å²) in [6.45, 7) is 4.36. The number of anilines is 1. The number of hydrogen-bond donors (Lipinski definition) is 1. The van der Waals surface area contributed by atoms with Crippen molar-refractivity contribution in [3.8, 4) is 0 Å². The molecule has 0 radical (unpaired) electrons. The minimum Gasteiger partial charge on any atom is -0.348 e. The van der Waals surface area contributed by atoms with Crippen LogP contribution < -0.4 is 15.8 Å². The van der Waals surface area contributed by atoms with Gasteiger partial charge in [0.05, 0.1) is 0 Å². The predicted octanol–water partition coefficient (Wildman–Crippen LogP) is 2.97. The Morgan fingerprint density at radius 1 is 1.36 bits per heavy atom. The Balaban J connectivity index is 1.54. The van der Waals surface area contributed by atoms with E-state index in [-0.39, 0.29) is 5.56 Å². The van der Waals surface area contributed by atoms with Gasteiger partial charge in [-0.2, -0.15) is 4.52 Å². The third-order valence-electron chi connectivity index (χ3n) is 4.81. The molecule has 1 amide bonds. The zero-order chi connectivity index (χ0) is 19.7. The van der Waals surface area contributed by atoms with Gasteiger partial charge in [0.1, 0.15) is 5.56 Å². The number of carbonyl (C=O) groups excluding carboxylic acids is 1. The van der Waals surface area contributed by atoms with E-state index in [2.05, 4.69) is 27.2 Å². The van der Waals surface area contributed by atoms with Crippen molar-refractivity contribution in [3.05, 3.63) is 57.0 Å². The zero-order valence-corrected chi connectivity index (χ0v) is 17.0. The Hall–Kier alpha value is -2.45.